The van der Waals surface area contributed by atoms with Crippen molar-refractivity contribution in [2.75, 3.05) is 42.6 Å². The van der Waals surface area contributed by atoms with Gasteiger partial charge in [-0.1, -0.05) is 6.07 Å². The molecule has 5 rings (SSSR count). The summed E-state index contributed by atoms with van der Waals surface area (Å²) in [4.78, 5) is 18.5. The Morgan fingerprint density at radius 3 is 2.54 bits per heavy atom. The average Bonchev–Trinajstić information content (AvgIpc) is 3.37. The first-order chi connectivity index (χ1) is 12.9. The van der Waals surface area contributed by atoms with Crippen molar-refractivity contribution >= 4 is 22.9 Å². The van der Waals surface area contributed by atoms with Crippen LogP contribution in [0, 0.1) is 0 Å². The largest absolute Gasteiger partial charge is 0.378 e. The van der Waals surface area contributed by atoms with E-state index >= 15 is 0 Å². The Hall–Kier alpha value is -2.81. The lowest BCUT2D eigenvalue weighted by Crippen LogP contribution is -2.38. The van der Waals surface area contributed by atoms with Crippen molar-refractivity contribution in [3.05, 3.63) is 30.1 Å². The molecule has 0 radical (unpaired) electrons. The summed E-state index contributed by atoms with van der Waals surface area (Å²) in [6, 6.07) is 6.22. The topological polar surface area (TPSA) is 93.3 Å². The summed E-state index contributed by atoms with van der Waals surface area (Å²) in [7, 11) is 0. The zero-order chi connectivity index (χ0) is 17.3. The van der Waals surface area contributed by atoms with Gasteiger partial charge < -0.3 is 14.5 Å². The molecule has 2 saturated heterocycles. The summed E-state index contributed by atoms with van der Waals surface area (Å²) in [5.74, 6) is 1.64. The molecule has 2 fully saturated rings. The fourth-order valence-corrected chi connectivity index (χ4v) is 3.70. The molecule has 5 heterocycles. The van der Waals surface area contributed by atoms with E-state index in [4.69, 9.17) is 19.3 Å². The molecule has 26 heavy (non-hydrogen) atoms. The molecule has 3 aromatic heterocycles. The maximum absolute atomic E-state index is 5.49. The van der Waals surface area contributed by atoms with Gasteiger partial charge in [-0.3, -0.25) is 4.98 Å². The molecule has 9 nitrogen and oxygen atoms in total. The quantitative estimate of drug-likeness (QED) is 0.695. The molecular formula is C17H19N7O2. The van der Waals surface area contributed by atoms with Crippen LogP contribution in [0.5, 0.6) is 0 Å². The van der Waals surface area contributed by atoms with Gasteiger partial charge in [-0.15, -0.1) is 0 Å². The molecule has 0 saturated carbocycles. The highest BCUT2D eigenvalue weighted by atomic mass is 16.6. The van der Waals surface area contributed by atoms with Crippen LogP contribution < -0.4 is 9.80 Å². The predicted octanol–water partition coefficient (Wildman–Crippen LogP) is 1.59. The molecule has 0 bridgehead atoms. The molecule has 1 atom stereocenters. The van der Waals surface area contributed by atoms with E-state index in [-0.39, 0.29) is 6.04 Å². The normalized spacial score (nSPS) is 20.8. The maximum Gasteiger partial charge on any atom is 0.245 e. The first-order valence-corrected chi connectivity index (χ1v) is 8.91. The number of hydrogen-bond donors (Lipinski definition) is 0. The molecular weight excluding hydrogens is 334 g/mol. The molecule has 3 aromatic rings. The third-order valence-corrected chi connectivity index (χ3v) is 4.94. The number of hydrogen-bond acceptors (Lipinski definition) is 9. The fraction of sp³-hybridized carbons (Fsp3) is 0.471. The van der Waals surface area contributed by atoms with E-state index < -0.39 is 0 Å². The van der Waals surface area contributed by atoms with E-state index in [0.717, 1.165) is 49.8 Å². The number of rotatable bonds is 3. The zero-order valence-corrected chi connectivity index (χ0v) is 14.3. The third-order valence-electron chi connectivity index (χ3n) is 4.94. The van der Waals surface area contributed by atoms with E-state index in [1.807, 2.05) is 18.3 Å². The van der Waals surface area contributed by atoms with Crippen molar-refractivity contribution in [3.63, 3.8) is 0 Å². The SMILES string of the molecule is c1ccc(C2CCCN2c2nc3nonc3nc2N2CCOCC2)nc1. The molecule has 2 aliphatic heterocycles. The Morgan fingerprint density at radius 2 is 1.77 bits per heavy atom. The first kappa shape index (κ1) is 15.4. The summed E-state index contributed by atoms with van der Waals surface area (Å²) in [6.07, 6.45) is 3.96. The van der Waals surface area contributed by atoms with Crippen molar-refractivity contribution in [1.29, 1.82) is 0 Å². The van der Waals surface area contributed by atoms with E-state index in [1.54, 1.807) is 0 Å². The summed E-state index contributed by atoms with van der Waals surface area (Å²) in [6.45, 7) is 3.82. The number of anilines is 2. The van der Waals surface area contributed by atoms with Crippen molar-refractivity contribution in [2.24, 2.45) is 0 Å². The monoisotopic (exact) mass is 353 g/mol. The number of ether oxygens (including phenoxy) is 1. The van der Waals surface area contributed by atoms with Gasteiger partial charge in [0.1, 0.15) is 0 Å². The highest BCUT2D eigenvalue weighted by Gasteiger charge is 2.32. The molecule has 0 N–H and O–H groups in total. The smallest absolute Gasteiger partial charge is 0.245 e. The zero-order valence-electron chi connectivity index (χ0n) is 14.3. The minimum absolute atomic E-state index is 0.183. The molecule has 1 unspecified atom stereocenters. The number of nitrogens with zero attached hydrogens (tertiary/aromatic N) is 7. The lowest BCUT2D eigenvalue weighted by Gasteiger charge is -2.32. The Morgan fingerprint density at radius 1 is 0.962 bits per heavy atom. The Labute approximate surface area is 150 Å². The number of pyridine rings is 1. The van der Waals surface area contributed by atoms with Gasteiger partial charge in [0.05, 0.1) is 24.9 Å². The summed E-state index contributed by atoms with van der Waals surface area (Å²) >= 11 is 0. The second-order valence-corrected chi connectivity index (χ2v) is 6.49. The lowest BCUT2D eigenvalue weighted by atomic mass is 10.1. The standard InChI is InChI=1S/C17H19N7O2/c1-2-6-18-12(4-1)13-5-3-7-24(13)17-16(23-8-10-25-11-9-23)19-14-15(20-17)22-26-21-14/h1-2,4,6,13H,3,5,7-11H2. The summed E-state index contributed by atoms with van der Waals surface area (Å²) in [5.41, 5.74) is 1.92. The van der Waals surface area contributed by atoms with E-state index in [9.17, 15) is 0 Å². The van der Waals surface area contributed by atoms with Crippen LogP contribution in [0.25, 0.3) is 11.3 Å². The van der Waals surface area contributed by atoms with Gasteiger partial charge in [0.15, 0.2) is 11.6 Å². The van der Waals surface area contributed by atoms with Crippen LogP contribution in [-0.2, 0) is 4.74 Å². The lowest BCUT2D eigenvalue weighted by molar-refractivity contribution is 0.122. The minimum Gasteiger partial charge on any atom is -0.378 e. The van der Waals surface area contributed by atoms with Gasteiger partial charge in [0.25, 0.3) is 0 Å². The number of morpholine rings is 1. The van der Waals surface area contributed by atoms with Crippen LogP contribution in [0.4, 0.5) is 11.6 Å². The highest BCUT2D eigenvalue weighted by molar-refractivity contribution is 5.75. The molecule has 134 valence electrons. The predicted molar refractivity (Wildman–Crippen MR) is 94.0 cm³/mol. The van der Waals surface area contributed by atoms with Crippen LogP contribution >= 0.6 is 0 Å². The molecule has 0 spiro atoms. The third kappa shape index (κ3) is 2.64. The van der Waals surface area contributed by atoms with Crippen LogP contribution in [-0.4, -0.2) is 58.1 Å². The second-order valence-electron chi connectivity index (χ2n) is 6.49. The molecule has 0 amide bonds. The Balaban J connectivity index is 1.60. The fourth-order valence-electron chi connectivity index (χ4n) is 3.70. The van der Waals surface area contributed by atoms with Gasteiger partial charge in [-0.05, 0) is 35.3 Å². The van der Waals surface area contributed by atoms with Crippen molar-refractivity contribution in [3.8, 4) is 0 Å². The molecule has 9 heteroatoms. The van der Waals surface area contributed by atoms with Gasteiger partial charge in [0.2, 0.25) is 11.3 Å². The number of aromatic nitrogens is 5. The van der Waals surface area contributed by atoms with Gasteiger partial charge in [0, 0.05) is 25.8 Å². The summed E-state index contributed by atoms with van der Waals surface area (Å²) < 4.78 is 10.3. The van der Waals surface area contributed by atoms with E-state index in [0.29, 0.717) is 24.5 Å². The van der Waals surface area contributed by atoms with Gasteiger partial charge >= 0.3 is 0 Å². The molecule has 0 aromatic carbocycles. The van der Waals surface area contributed by atoms with Gasteiger partial charge in [-0.25, -0.2) is 14.6 Å². The second kappa shape index (κ2) is 6.49. The van der Waals surface area contributed by atoms with Crippen LogP contribution in [0.2, 0.25) is 0 Å². The van der Waals surface area contributed by atoms with Crippen molar-refractivity contribution in [1.82, 2.24) is 25.3 Å². The first-order valence-electron chi connectivity index (χ1n) is 8.91. The number of fused-ring (bicyclic) bond motifs is 1. The Kier molecular flexibility index (Phi) is 3.85. The van der Waals surface area contributed by atoms with Crippen LogP contribution in [0.3, 0.4) is 0 Å². The minimum atomic E-state index is 0.183. The molecule has 0 aliphatic carbocycles. The maximum atomic E-state index is 5.49. The van der Waals surface area contributed by atoms with Crippen LogP contribution in [0.15, 0.2) is 29.0 Å². The van der Waals surface area contributed by atoms with Gasteiger partial charge in [-0.2, -0.15) is 0 Å². The van der Waals surface area contributed by atoms with Crippen molar-refractivity contribution in [2.45, 2.75) is 18.9 Å². The van der Waals surface area contributed by atoms with Crippen molar-refractivity contribution < 1.29 is 9.37 Å². The highest BCUT2D eigenvalue weighted by Crippen LogP contribution is 2.38. The van der Waals surface area contributed by atoms with E-state index in [2.05, 4.69) is 31.2 Å². The average molecular weight is 353 g/mol. The van der Waals surface area contributed by atoms with E-state index in [1.165, 1.54) is 0 Å². The molecule has 2 aliphatic rings. The van der Waals surface area contributed by atoms with Crippen LogP contribution in [0.1, 0.15) is 24.6 Å². The summed E-state index contributed by atoms with van der Waals surface area (Å²) in [5, 5.41) is 7.76. The Bertz CT molecular complexity index is 895.